The highest BCUT2D eigenvalue weighted by molar-refractivity contribution is 7.90. The second-order valence-corrected chi connectivity index (χ2v) is 4.48. The lowest BCUT2D eigenvalue weighted by atomic mass is 11.0. The molecule has 0 atom stereocenters. The number of aromatic nitrogens is 3. The summed E-state index contributed by atoms with van der Waals surface area (Å²) < 4.78 is 27.2. The largest absolute Gasteiger partial charge is 0.303 e. The van der Waals surface area contributed by atoms with Gasteiger partial charge in [-0.2, -0.15) is 22.8 Å². The Morgan fingerprint density at radius 2 is 2.15 bits per heavy atom. The lowest BCUT2D eigenvalue weighted by Gasteiger charge is -2.11. The van der Waals surface area contributed by atoms with Gasteiger partial charge in [-0.05, 0) is 0 Å². The van der Waals surface area contributed by atoms with E-state index in [9.17, 15) is 8.42 Å². The number of nitrogens with zero attached hydrogens (tertiary/aromatic N) is 4. The lowest BCUT2D eigenvalue weighted by molar-refractivity contribution is 0.526. The average Bonchev–Trinajstić information content (AvgIpc) is 2.35. The zero-order chi connectivity index (χ0) is 10.1. The van der Waals surface area contributed by atoms with Gasteiger partial charge >= 0.3 is 10.2 Å². The predicted molar refractivity (Wildman–Crippen MR) is 47.2 cm³/mol. The minimum absolute atomic E-state index is 0.189. The van der Waals surface area contributed by atoms with E-state index in [2.05, 4.69) is 14.8 Å². The summed E-state index contributed by atoms with van der Waals surface area (Å²) in [4.78, 5) is 3.72. The molecular formula is C5H11N5O2S. The molecule has 0 saturated carbocycles. The number of anilines is 1. The number of rotatable bonds is 3. The maximum absolute atomic E-state index is 11.3. The Morgan fingerprint density at radius 3 is 2.54 bits per heavy atom. The first-order valence-corrected chi connectivity index (χ1v) is 4.92. The molecule has 0 radical (unpaired) electrons. The van der Waals surface area contributed by atoms with E-state index >= 15 is 0 Å². The Balaban J connectivity index is 2.88. The molecule has 0 spiro atoms. The van der Waals surface area contributed by atoms with Crippen LogP contribution in [0, 0.1) is 0 Å². The van der Waals surface area contributed by atoms with Gasteiger partial charge in [0.25, 0.3) is 0 Å². The van der Waals surface area contributed by atoms with Crippen LogP contribution in [0.15, 0.2) is 6.33 Å². The van der Waals surface area contributed by atoms with Crippen molar-refractivity contribution >= 4 is 16.2 Å². The molecule has 13 heavy (non-hydrogen) atoms. The lowest BCUT2D eigenvalue weighted by Crippen LogP contribution is -2.30. The highest BCUT2D eigenvalue weighted by atomic mass is 32.2. The van der Waals surface area contributed by atoms with E-state index in [4.69, 9.17) is 0 Å². The summed E-state index contributed by atoms with van der Waals surface area (Å²) in [6, 6.07) is 0. The van der Waals surface area contributed by atoms with Crippen molar-refractivity contribution in [2.75, 3.05) is 18.8 Å². The van der Waals surface area contributed by atoms with Gasteiger partial charge < -0.3 is 0 Å². The van der Waals surface area contributed by atoms with Gasteiger partial charge in [0.2, 0.25) is 5.95 Å². The Kier molecular flexibility index (Phi) is 2.52. The van der Waals surface area contributed by atoms with Gasteiger partial charge in [-0.3, -0.25) is 0 Å². The highest BCUT2D eigenvalue weighted by Gasteiger charge is 2.15. The Morgan fingerprint density at radius 1 is 1.54 bits per heavy atom. The molecule has 0 bridgehead atoms. The molecule has 8 heteroatoms. The molecular weight excluding hydrogens is 194 g/mol. The maximum atomic E-state index is 11.3. The molecule has 1 heterocycles. The molecule has 0 unspecified atom stereocenters. The van der Waals surface area contributed by atoms with Gasteiger partial charge in [-0.1, -0.05) is 0 Å². The van der Waals surface area contributed by atoms with Crippen LogP contribution in [0.25, 0.3) is 0 Å². The van der Waals surface area contributed by atoms with Gasteiger partial charge in [-0.15, -0.1) is 0 Å². The van der Waals surface area contributed by atoms with E-state index in [1.54, 1.807) is 7.05 Å². The predicted octanol–water partition coefficient (Wildman–Crippen LogP) is -0.967. The zero-order valence-corrected chi connectivity index (χ0v) is 8.41. The quantitative estimate of drug-likeness (QED) is 0.688. The fourth-order valence-corrected chi connectivity index (χ4v) is 1.19. The number of nitrogens with one attached hydrogen (secondary N) is 1. The molecule has 0 aliphatic carbocycles. The first kappa shape index (κ1) is 9.93. The third-order valence-corrected chi connectivity index (χ3v) is 2.81. The summed E-state index contributed by atoms with van der Waals surface area (Å²) in [6.45, 7) is 0. The third-order valence-electron chi connectivity index (χ3n) is 1.41. The molecule has 0 aliphatic heterocycles. The van der Waals surface area contributed by atoms with E-state index < -0.39 is 10.2 Å². The minimum Gasteiger partial charge on any atom is -0.239 e. The molecule has 7 nitrogen and oxygen atoms in total. The summed E-state index contributed by atoms with van der Waals surface area (Å²) in [5.41, 5.74) is 0. The number of hydrogen-bond acceptors (Lipinski definition) is 4. The fourth-order valence-electron chi connectivity index (χ4n) is 0.595. The van der Waals surface area contributed by atoms with Crippen LogP contribution in [0.3, 0.4) is 0 Å². The fraction of sp³-hybridized carbons (Fsp3) is 0.600. The van der Waals surface area contributed by atoms with E-state index in [1.807, 2.05) is 0 Å². The summed E-state index contributed by atoms with van der Waals surface area (Å²) in [5, 5.41) is 3.72. The standard InChI is InChI=1S/C5H11N5O2S/c1-9(2)13(11,12)8-5-6-4-7-10(5)3/h4H,1-3H3,(H,6,7,8). The van der Waals surface area contributed by atoms with Gasteiger partial charge in [0, 0.05) is 21.1 Å². The number of aryl methyl sites for hydroxylation is 1. The normalized spacial score (nSPS) is 12.0. The van der Waals surface area contributed by atoms with E-state index in [1.165, 1.54) is 25.1 Å². The van der Waals surface area contributed by atoms with Gasteiger partial charge in [0.15, 0.2) is 0 Å². The smallest absolute Gasteiger partial charge is 0.239 e. The zero-order valence-electron chi connectivity index (χ0n) is 7.59. The van der Waals surface area contributed by atoms with E-state index in [-0.39, 0.29) is 5.95 Å². The van der Waals surface area contributed by atoms with Crippen molar-refractivity contribution in [3.63, 3.8) is 0 Å². The topological polar surface area (TPSA) is 80.1 Å². The van der Waals surface area contributed by atoms with Gasteiger partial charge in [-0.25, -0.2) is 9.40 Å². The molecule has 0 amide bonds. The van der Waals surface area contributed by atoms with Crippen molar-refractivity contribution in [1.29, 1.82) is 0 Å². The van der Waals surface area contributed by atoms with Crippen molar-refractivity contribution < 1.29 is 8.42 Å². The SMILES string of the molecule is CN(C)S(=O)(=O)Nc1ncnn1C. The first-order valence-electron chi connectivity index (χ1n) is 3.48. The van der Waals surface area contributed by atoms with E-state index in [0.29, 0.717) is 0 Å². The molecule has 0 saturated heterocycles. The van der Waals surface area contributed by atoms with Crippen molar-refractivity contribution in [1.82, 2.24) is 19.1 Å². The molecule has 0 fully saturated rings. The molecule has 0 aliphatic rings. The summed E-state index contributed by atoms with van der Waals surface area (Å²) in [6.07, 6.45) is 1.27. The molecule has 74 valence electrons. The second-order valence-electron chi connectivity index (χ2n) is 2.60. The Hall–Kier alpha value is -1.15. The van der Waals surface area contributed by atoms with Crippen LogP contribution >= 0.6 is 0 Å². The van der Waals surface area contributed by atoms with Crippen LogP contribution in [0.5, 0.6) is 0 Å². The van der Waals surface area contributed by atoms with Crippen molar-refractivity contribution in [2.24, 2.45) is 7.05 Å². The van der Waals surface area contributed by atoms with Crippen LogP contribution in [-0.4, -0.2) is 41.6 Å². The van der Waals surface area contributed by atoms with Crippen LogP contribution in [0.4, 0.5) is 5.95 Å². The molecule has 1 N–H and O–H groups in total. The van der Waals surface area contributed by atoms with Crippen LogP contribution < -0.4 is 4.72 Å². The van der Waals surface area contributed by atoms with Crippen molar-refractivity contribution in [3.05, 3.63) is 6.33 Å². The van der Waals surface area contributed by atoms with Crippen molar-refractivity contribution in [3.8, 4) is 0 Å². The second kappa shape index (κ2) is 3.30. The van der Waals surface area contributed by atoms with Crippen LogP contribution in [-0.2, 0) is 17.3 Å². The van der Waals surface area contributed by atoms with Crippen LogP contribution in [0.2, 0.25) is 0 Å². The molecule has 0 aromatic carbocycles. The Bertz CT molecular complexity index is 381. The summed E-state index contributed by atoms with van der Waals surface area (Å²) >= 11 is 0. The average molecular weight is 205 g/mol. The molecule has 1 aromatic heterocycles. The van der Waals surface area contributed by atoms with Crippen LogP contribution in [0.1, 0.15) is 0 Å². The number of hydrogen-bond donors (Lipinski definition) is 1. The molecule has 1 rings (SSSR count). The third kappa shape index (κ3) is 2.16. The minimum atomic E-state index is -3.48. The van der Waals surface area contributed by atoms with Gasteiger partial charge in [0.05, 0.1) is 0 Å². The first-order chi connectivity index (χ1) is 5.93. The molecule has 1 aromatic rings. The summed E-state index contributed by atoms with van der Waals surface area (Å²) in [7, 11) is 0.973. The maximum Gasteiger partial charge on any atom is 0.303 e. The van der Waals surface area contributed by atoms with E-state index in [0.717, 1.165) is 4.31 Å². The van der Waals surface area contributed by atoms with Gasteiger partial charge in [0.1, 0.15) is 6.33 Å². The van der Waals surface area contributed by atoms with Crippen molar-refractivity contribution in [2.45, 2.75) is 0 Å². The highest BCUT2D eigenvalue weighted by Crippen LogP contribution is 2.02. The monoisotopic (exact) mass is 205 g/mol. The Labute approximate surface area is 76.6 Å². The summed E-state index contributed by atoms with van der Waals surface area (Å²) in [5.74, 6) is 0.189.